The molecule has 4 heterocycles. The fraction of sp³-hybridized carbons (Fsp3) is 0. The van der Waals surface area contributed by atoms with Crippen molar-refractivity contribution in [2.75, 3.05) is 0 Å². The van der Waals surface area contributed by atoms with E-state index in [-0.39, 0.29) is 0 Å². The minimum Gasteiger partial charge on any atom is -0.309 e. The summed E-state index contributed by atoms with van der Waals surface area (Å²) in [4.78, 5) is 34.6. The summed E-state index contributed by atoms with van der Waals surface area (Å²) in [5.74, 6) is 3.63. The van der Waals surface area contributed by atoms with Gasteiger partial charge in [-0.05, 0) is 59.7 Å². The number of aromatic nitrogens is 8. The van der Waals surface area contributed by atoms with Crippen LogP contribution in [0.25, 0.3) is 107 Å². The number of nitrogens with zero attached hydrogens (tertiary/aromatic N) is 8. The van der Waals surface area contributed by atoms with E-state index in [1.54, 1.807) is 0 Å². The van der Waals surface area contributed by atoms with E-state index in [0.29, 0.717) is 34.9 Å². The molecule has 286 valence electrons. The van der Waals surface area contributed by atoms with Crippen LogP contribution in [0.15, 0.2) is 207 Å². The third-order valence-electron chi connectivity index (χ3n) is 10.8. The van der Waals surface area contributed by atoms with E-state index >= 15 is 0 Å². The van der Waals surface area contributed by atoms with Gasteiger partial charge >= 0.3 is 0 Å². The first kappa shape index (κ1) is 35.7. The van der Waals surface area contributed by atoms with Gasteiger partial charge in [-0.15, -0.1) is 0 Å². The molecule has 0 saturated carbocycles. The van der Waals surface area contributed by atoms with Gasteiger partial charge in [0.25, 0.3) is 0 Å². The van der Waals surface area contributed by atoms with E-state index < -0.39 is 0 Å². The fourth-order valence-corrected chi connectivity index (χ4v) is 7.90. The number of hydrogen-bond donors (Lipinski definition) is 0. The Morgan fingerprint density at radius 1 is 0.279 bits per heavy atom. The molecule has 0 saturated heterocycles. The molecule has 0 aliphatic rings. The fourth-order valence-electron chi connectivity index (χ4n) is 7.90. The van der Waals surface area contributed by atoms with Crippen molar-refractivity contribution in [2.24, 2.45) is 0 Å². The third-order valence-corrected chi connectivity index (χ3v) is 10.8. The summed E-state index contributed by atoms with van der Waals surface area (Å²) in [5.41, 5.74) is 10.5. The summed E-state index contributed by atoms with van der Waals surface area (Å²) < 4.78 is 2.31. The maximum atomic E-state index is 5.17. The molecule has 0 atom stereocenters. The van der Waals surface area contributed by atoms with E-state index in [9.17, 15) is 0 Å². The predicted octanol–water partition coefficient (Wildman–Crippen LogP) is 12.2. The van der Waals surface area contributed by atoms with Gasteiger partial charge < -0.3 is 4.57 Å². The van der Waals surface area contributed by atoms with Crippen LogP contribution < -0.4 is 0 Å². The monoisotopic (exact) mass is 782 g/mol. The SMILES string of the molecule is c1ccc(-c2nc(-c3ccccc3)nc(-c3ccc4c(c3)c3ccccc3n4-c3ccc(-c4ccncc4)c(-c4nc(-c5ccccc5)nc(-c5ccccc5)n4)c3)n2)cc1. The summed E-state index contributed by atoms with van der Waals surface area (Å²) in [6.07, 6.45) is 3.63. The van der Waals surface area contributed by atoms with Gasteiger partial charge in [0.15, 0.2) is 34.9 Å². The van der Waals surface area contributed by atoms with Crippen LogP contribution in [0.1, 0.15) is 0 Å². The average molecular weight is 783 g/mol. The van der Waals surface area contributed by atoms with Gasteiger partial charge in [-0.25, -0.2) is 29.9 Å². The van der Waals surface area contributed by atoms with Gasteiger partial charge in [0.2, 0.25) is 0 Å². The molecule has 0 fully saturated rings. The molecule has 4 aromatic heterocycles. The molecule has 11 rings (SSSR count). The number of rotatable bonds is 8. The number of hydrogen-bond acceptors (Lipinski definition) is 7. The Morgan fingerprint density at radius 3 is 1.25 bits per heavy atom. The minimum atomic E-state index is 0.572. The lowest BCUT2D eigenvalue weighted by Gasteiger charge is -2.15. The molecule has 61 heavy (non-hydrogen) atoms. The molecule has 8 nitrogen and oxygen atoms in total. The second-order valence-corrected chi connectivity index (χ2v) is 14.6. The van der Waals surface area contributed by atoms with Crippen molar-refractivity contribution in [3.8, 4) is 85.1 Å². The van der Waals surface area contributed by atoms with Crippen LogP contribution in [0, 0.1) is 0 Å². The molecule has 0 radical (unpaired) electrons. The lowest BCUT2D eigenvalue weighted by Crippen LogP contribution is -2.02. The van der Waals surface area contributed by atoms with E-state index in [0.717, 1.165) is 72.0 Å². The zero-order chi connectivity index (χ0) is 40.5. The molecule has 0 aliphatic heterocycles. The minimum absolute atomic E-state index is 0.572. The molecule has 11 aromatic rings. The van der Waals surface area contributed by atoms with Crippen molar-refractivity contribution < 1.29 is 0 Å². The smallest absolute Gasteiger partial charge is 0.164 e. The quantitative estimate of drug-likeness (QED) is 0.151. The summed E-state index contributed by atoms with van der Waals surface area (Å²) in [6.45, 7) is 0. The van der Waals surface area contributed by atoms with E-state index in [1.165, 1.54) is 0 Å². The van der Waals surface area contributed by atoms with Gasteiger partial charge in [-0.2, -0.15) is 0 Å². The molecule has 7 aromatic carbocycles. The molecular weight excluding hydrogens is 749 g/mol. The molecule has 0 bridgehead atoms. The van der Waals surface area contributed by atoms with Gasteiger partial charge in [0, 0.05) is 62.2 Å². The molecule has 0 aliphatic carbocycles. The highest BCUT2D eigenvalue weighted by Crippen LogP contribution is 2.39. The lowest BCUT2D eigenvalue weighted by atomic mass is 9.99. The first-order chi connectivity index (χ1) is 30.2. The Kier molecular flexibility index (Phi) is 8.98. The lowest BCUT2D eigenvalue weighted by molar-refractivity contribution is 1.07. The Bertz CT molecular complexity index is 3220. The zero-order valence-electron chi connectivity index (χ0n) is 32.7. The second-order valence-electron chi connectivity index (χ2n) is 14.6. The van der Waals surface area contributed by atoms with Crippen molar-refractivity contribution in [1.82, 2.24) is 39.5 Å². The zero-order valence-corrected chi connectivity index (χ0v) is 32.7. The van der Waals surface area contributed by atoms with Crippen molar-refractivity contribution in [3.05, 3.63) is 207 Å². The molecule has 0 N–H and O–H groups in total. The molecule has 0 amide bonds. The average Bonchev–Trinajstić information content (AvgIpc) is 3.68. The van der Waals surface area contributed by atoms with Crippen LogP contribution in [0.3, 0.4) is 0 Å². The van der Waals surface area contributed by atoms with Crippen LogP contribution >= 0.6 is 0 Å². The maximum absolute atomic E-state index is 5.17. The normalized spacial score (nSPS) is 11.3. The summed E-state index contributed by atoms with van der Waals surface area (Å²) in [6, 6.07) is 65.8. The van der Waals surface area contributed by atoms with Gasteiger partial charge in [0.1, 0.15) is 0 Å². The van der Waals surface area contributed by atoms with Crippen molar-refractivity contribution in [2.45, 2.75) is 0 Å². The first-order valence-corrected chi connectivity index (χ1v) is 20.1. The van der Waals surface area contributed by atoms with Crippen LogP contribution in [0.2, 0.25) is 0 Å². The Labute approximate surface area is 351 Å². The number of pyridine rings is 1. The Hall–Kier alpha value is -8.49. The highest BCUT2D eigenvalue weighted by molar-refractivity contribution is 6.10. The number of para-hydroxylation sites is 1. The predicted molar refractivity (Wildman–Crippen MR) is 243 cm³/mol. The highest BCUT2D eigenvalue weighted by atomic mass is 15.0. The Balaban J connectivity index is 1.11. The molecule has 0 spiro atoms. The third kappa shape index (κ3) is 6.78. The molecule has 8 heteroatoms. The summed E-state index contributed by atoms with van der Waals surface area (Å²) >= 11 is 0. The summed E-state index contributed by atoms with van der Waals surface area (Å²) in [7, 11) is 0. The first-order valence-electron chi connectivity index (χ1n) is 20.1. The second kappa shape index (κ2) is 15.4. The highest BCUT2D eigenvalue weighted by Gasteiger charge is 2.20. The molecular formula is C53H34N8. The van der Waals surface area contributed by atoms with E-state index in [1.807, 2.05) is 146 Å². The van der Waals surface area contributed by atoms with E-state index in [4.69, 9.17) is 29.9 Å². The van der Waals surface area contributed by atoms with Crippen LogP contribution in [0.4, 0.5) is 0 Å². The van der Waals surface area contributed by atoms with Crippen LogP contribution in [-0.4, -0.2) is 39.5 Å². The maximum Gasteiger partial charge on any atom is 0.164 e. The summed E-state index contributed by atoms with van der Waals surface area (Å²) in [5, 5.41) is 2.19. The topological polar surface area (TPSA) is 95.2 Å². The Morgan fingerprint density at radius 2 is 0.721 bits per heavy atom. The van der Waals surface area contributed by atoms with Crippen molar-refractivity contribution >= 4 is 21.8 Å². The van der Waals surface area contributed by atoms with Crippen molar-refractivity contribution in [3.63, 3.8) is 0 Å². The molecule has 0 unspecified atom stereocenters. The number of benzene rings is 7. The van der Waals surface area contributed by atoms with Crippen LogP contribution in [0.5, 0.6) is 0 Å². The van der Waals surface area contributed by atoms with Gasteiger partial charge in [0.05, 0.1) is 11.0 Å². The van der Waals surface area contributed by atoms with E-state index in [2.05, 4.69) is 70.2 Å². The number of fused-ring (bicyclic) bond motifs is 3. The van der Waals surface area contributed by atoms with Crippen LogP contribution in [-0.2, 0) is 0 Å². The largest absolute Gasteiger partial charge is 0.309 e. The van der Waals surface area contributed by atoms with Gasteiger partial charge in [-0.1, -0.05) is 146 Å². The van der Waals surface area contributed by atoms with Gasteiger partial charge in [-0.3, -0.25) is 4.98 Å². The van der Waals surface area contributed by atoms with Crippen molar-refractivity contribution in [1.29, 1.82) is 0 Å². The standard InChI is InChI=1S/C53H34N8/c1-5-15-36(16-6-1)48-55-49(37-17-7-2-8-18-37)58-52(57-48)40-25-28-47-44(33-40)43-23-13-14-24-46(43)61(47)41-26-27-42(35-29-31-54-32-30-35)45(34-41)53-59-50(38-19-9-3-10-20-38)56-51(60-53)39-21-11-4-12-22-39/h1-34H.